The molecule has 0 aromatic heterocycles. The number of nitrogens with zero attached hydrogens (tertiary/aromatic N) is 3. The minimum Gasteiger partial charge on any atom is -0.497 e. The molecule has 3 aromatic carbocycles. The van der Waals surface area contributed by atoms with Crippen molar-refractivity contribution in [3.8, 4) is 17.2 Å². The number of benzene rings is 3. The van der Waals surface area contributed by atoms with Crippen molar-refractivity contribution in [3.63, 3.8) is 0 Å². The predicted octanol–water partition coefficient (Wildman–Crippen LogP) is 4.24. The van der Waals surface area contributed by atoms with E-state index in [9.17, 15) is 9.59 Å². The van der Waals surface area contributed by atoms with Gasteiger partial charge in [-0.15, -0.1) is 0 Å². The summed E-state index contributed by atoms with van der Waals surface area (Å²) < 4.78 is 21.2. The van der Waals surface area contributed by atoms with Crippen molar-refractivity contribution < 1.29 is 28.5 Å². The summed E-state index contributed by atoms with van der Waals surface area (Å²) in [6.45, 7) is 3.82. The number of amides is 2. The van der Waals surface area contributed by atoms with Crippen LogP contribution in [0, 0.1) is 0 Å². The average Bonchev–Trinajstić information content (AvgIpc) is 3.02. The van der Waals surface area contributed by atoms with Crippen LogP contribution in [0.15, 0.2) is 72.8 Å². The number of hydrogen-bond acceptors (Lipinski definition) is 7. The van der Waals surface area contributed by atoms with Gasteiger partial charge < -0.3 is 28.7 Å². The fraction of sp³-hybridized carbons (Fsp3) is 0.375. The number of methoxy groups -OCH3 is 3. The van der Waals surface area contributed by atoms with Gasteiger partial charge in [0, 0.05) is 45.7 Å². The summed E-state index contributed by atoms with van der Waals surface area (Å²) in [4.78, 5) is 31.8. The van der Waals surface area contributed by atoms with Crippen molar-refractivity contribution in [1.29, 1.82) is 0 Å². The molecule has 218 valence electrons. The number of carbonyl (C=O) groups is 2. The molecule has 0 N–H and O–H groups in total. The van der Waals surface area contributed by atoms with E-state index in [1.807, 2.05) is 77.7 Å². The first-order chi connectivity index (χ1) is 20.0. The molecule has 0 spiro atoms. The van der Waals surface area contributed by atoms with E-state index in [0.717, 1.165) is 33.9 Å². The van der Waals surface area contributed by atoms with E-state index in [4.69, 9.17) is 18.9 Å². The highest BCUT2D eigenvalue weighted by molar-refractivity contribution is 5.78. The van der Waals surface area contributed by atoms with Gasteiger partial charge in [-0.1, -0.05) is 36.4 Å². The van der Waals surface area contributed by atoms with Gasteiger partial charge in [-0.2, -0.15) is 0 Å². The monoisotopic (exact) mass is 561 g/mol. The van der Waals surface area contributed by atoms with Gasteiger partial charge in [0.15, 0.2) is 0 Å². The Balaban J connectivity index is 1.28. The Bertz CT molecular complexity index is 1190. The van der Waals surface area contributed by atoms with Crippen LogP contribution in [-0.2, 0) is 29.0 Å². The van der Waals surface area contributed by atoms with E-state index in [1.165, 1.54) is 0 Å². The van der Waals surface area contributed by atoms with Crippen molar-refractivity contribution in [2.24, 2.45) is 0 Å². The molecule has 0 bridgehead atoms. The lowest BCUT2D eigenvalue weighted by atomic mass is 10.1. The quantitative estimate of drug-likeness (QED) is 0.327. The number of rotatable bonds is 12. The molecular weight excluding hydrogens is 522 g/mol. The largest absolute Gasteiger partial charge is 0.497 e. The fourth-order valence-corrected chi connectivity index (χ4v) is 4.65. The van der Waals surface area contributed by atoms with Crippen LogP contribution in [0.4, 0.5) is 4.79 Å². The van der Waals surface area contributed by atoms with Crippen LogP contribution in [0.1, 0.15) is 16.7 Å². The first kappa shape index (κ1) is 29.7. The van der Waals surface area contributed by atoms with E-state index in [1.54, 1.807) is 26.2 Å². The molecular formula is C32H39N3O6. The van der Waals surface area contributed by atoms with Gasteiger partial charge in [-0.25, -0.2) is 4.79 Å². The van der Waals surface area contributed by atoms with Crippen LogP contribution in [0.25, 0.3) is 0 Å². The van der Waals surface area contributed by atoms with Crippen molar-refractivity contribution in [2.45, 2.75) is 19.5 Å². The third-order valence-electron chi connectivity index (χ3n) is 7.18. The lowest BCUT2D eigenvalue weighted by molar-refractivity contribution is -0.134. The third-order valence-corrected chi connectivity index (χ3v) is 7.18. The van der Waals surface area contributed by atoms with Gasteiger partial charge in [0.05, 0.1) is 34.5 Å². The maximum atomic E-state index is 13.5. The smallest absolute Gasteiger partial charge is 0.409 e. The molecule has 1 saturated heterocycles. The second-order valence-electron chi connectivity index (χ2n) is 9.92. The van der Waals surface area contributed by atoms with Crippen molar-refractivity contribution in [3.05, 3.63) is 89.5 Å². The van der Waals surface area contributed by atoms with Gasteiger partial charge in [0.25, 0.3) is 0 Å². The molecule has 1 fully saturated rings. The number of carbonyl (C=O) groups excluding carboxylic acids is 2. The van der Waals surface area contributed by atoms with Crippen LogP contribution in [-0.4, -0.2) is 87.4 Å². The summed E-state index contributed by atoms with van der Waals surface area (Å²) in [6, 6.07) is 23.3. The molecule has 0 saturated carbocycles. The molecule has 0 aliphatic carbocycles. The lowest BCUT2D eigenvalue weighted by Gasteiger charge is -2.35. The minimum absolute atomic E-state index is 0.0344. The first-order valence-corrected chi connectivity index (χ1v) is 13.8. The molecule has 41 heavy (non-hydrogen) atoms. The van der Waals surface area contributed by atoms with E-state index in [0.29, 0.717) is 52.3 Å². The predicted molar refractivity (Wildman–Crippen MR) is 156 cm³/mol. The topological polar surface area (TPSA) is 80.8 Å². The summed E-state index contributed by atoms with van der Waals surface area (Å²) in [5, 5.41) is 0. The molecule has 2 amide bonds. The summed E-state index contributed by atoms with van der Waals surface area (Å²) in [7, 11) is 4.90. The van der Waals surface area contributed by atoms with Crippen LogP contribution in [0.3, 0.4) is 0 Å². The molecule has 0 atom stereocenters. The molecule has 1 heterocycles. The summed E-state index contributed by atoms with van der Waals surface area (Å²) >= 11 is 0. The van der Waals surface area contributed by atoms with E-state index in [-0.39, 0.29) is 18.5 Å². The zero-order chi connectivity index (χ0) is 29.0. The second-order valence-corrected chi connectivity index (χ2v) is 9.92. The van der Waals surface area contributed by atoms with E-state index in [2.05, 4.69) is 4.90 Å². The zero-order valence-corrected chi connectivity index (χ0v) is 24.1. The first-order valence-electron chi connectivity index (χ1n) is 13.8. The molecule has 9 nitrogen and oxygen atoms in total. The molecule has 4 rings (SSSR count). The van der Waals surface area contributed by atoms with Crippen molar-refractivity contribution >= 4 is 12.0 Å². The normalized spacial score (nSPS) is 13.4. The Labute approximate surface area is 242 Å². The summed E-state index contributed by atoms with van der Waals surface area (Å²) in [5.41, 5.74) is 3.13. The highest BCUT2D eigenvalue weighted by atomic mass is 16.6. The highest BCUT2D eigenvalue weighted by Crippen LogP contribution is 2.18. The summed E-state index contributed by atoms with van der Waals surface area (Å²) in [5.74, 6) is 2.39. The van der Waals surface area contributed by atoms with Crippen molar-refractivity contribution in [1.82, 2.24) is 14.7 Å². The molecule has 9 heteroatoms. The maximum Gasteiger partial charge on any atom is 0.409 e. The Morgan fingerprint density at radius 2 is 1.10 bits per heavy atom. The van der Waals surface area contributed by atoms with Gasteiger partial charge in [-0.3, -0.25) is 9.69 Å². The maximum absolute atomic E-state index is 13.5. The Morgan fingerprint density at radius 1 is 0.659 bits per heavy atom. The van der Waals surface area contributed by atoms with Gasteiger partial charge in [-0.05, 0) is 53.1 Å². The Kier molecular flexibility index (Phi) is 10.8. The van der Waals surface area contributed by atoms with Gasteiger partial charge in [0.2, 0.25) is 5.91 Å². The van der Waals surface area contributed by atoms with Crippen LogP contribution in [0.5, 0.6) is 17.2 Å². The SMILES string of the molecule is COc1ccc(CCOC(=O)N2CCN(CC(=O)N(Cc3ccc(OC)cc3)Cc3ccc(OC)cc3)CC2)cc1. The lowest BCUT2D eigenvalue weighted by Crippen LogP contribution is -2.51. The third kappa shape index (κ3) is 8.88. The molecule has 0 radical (unpaired) electrons. The van der Waals surface area contributed by atoms with E-state index < -0.39 is 0 Å². The van der Waals surface area contributed by atoms with Crippen LogP contribution >= 0.6 is 0 Å². The van der Waals surface area contributed by atoms with Crippen molar-refractivity contribution in [2.75, 3.05) is 60.7 Å². The van der Waals surface area contributed by atoms with E-state index >= 15 is 0 Å². The Hall–Kier alpha value is -4.24. The summed E-state index contributed by atoms with van der Waals surface area (Å²) in [6.07, 6.45) is 0.327. The zero-order valence-electron chi connectivity index (χ0n) is 24.1. The fourth-order valence-electron chi connectivity index (χ4n) is 4.65. The molecule has 0 unspecified atom stereocenters. The number of piperazine rings is 1. The number of ether oxygens (including phenoxy) is 4. The van der Waals surface area contributed by atoms with Crippen LogP contribution in [0.2, 0.25) is 0 Å². The van der Waals surface area contributed by atoms with Gasteiger partial charge >= 0.3 is 6.09 Å². The molecule has 1 aliphatic heterocycles. The molecule has 1 aliphatic rings. The standard InChI is InChI=1S/C32H39N3O6/c1-38-28-10-4-25(5-11-28)16-21-41-32(37)34-19-17-33(18-20-34)24-31(36)35(22-26-6-12-29(39-2)13-7-26)23-27-8-14-30(40-3)15-9-27/h4-15H,16-24H2,1-3H3. The second kappa shape index (κ2) is 14.9. The van der Waals surface area contributed by atoms with Crippen LogP contribution < -0.4 is 14.2 Å². The molecule has 3 aromatic rings. The number of hydrogen-bond donors (Lipinski definition) is 0. The minimum atomic E-state index is -0.315. The van der Waals surface area contributed by atoms with Gasteiger partial charge in [0.1, 0.15) is 17.2 Å². The Morgan fingerprint density at radius 3 is 1.54 bits per heavy atom. The average molecular weight is 562 g/mol. The highest BCUT2D eigenvalue weighted by Gasteiger charge is 2.25.